The highest BCUT2D eigenvalue weighted by molar-refractivity contribution is 6.06. The summed E-state index contributed by atoms with van der Waals surface area (Å²) in [5.41, 5.74) is 1.66. The third-order valence-electron chi connectivity index (χ3n) is 7.81. The van der Waals surface area contributed by atoms with Gasteiger partial charge in [-0.05, 0) is 56.4 Å². The van der Waals surface area contributed by atoms with Crippen molar-refractivity contribution in [2.45, 2.75) is 69.5 Å². The van der Waals surface area contributed by atoms with Gasteiger partial charge < -0.3 is 15.3 Å². The molecule has 0 aromatic heterocycles. The third kappa shape index (κ3) is 3.31. The predicted octanol–water partition coefficient (Wildman–Crippen LogP) is 3.78. The number of likely N-dealkylation sites (tertiary alicyclic amines) is 1. The topological polar surface area (TPSA) is 72.9 Å². The minimum Gasteiger partial charge on any atom is -0.465 e. The van der Waals surface area contributed by atoms with Gasteiger partial charge in [-0.25, -0.2) is 4.79 Å². The van der Waals surface area contributed by atoms with Gasteiger partial charge in [0, 0.05) is 36.4 Å². The number of carbonyl (C=O) groups excluding carboxylic acids is 1. The lowest BCUT2D eigenvalue weighted by molar-refractivity contribution is -0.120. The molecule has 1 atom stereocenters. The first-order valence-electron chi connectivity index (χ1n) is 11.3. The average Bonchev–Trinajstić information content (AvgIpc) is 2.99. The summed E-state index contributed by atoms with van der Waals surface area (Å²) in [6, 6.07) is 7.75. The van der Waals surface area contributed by atoms with Crippen LogP contribution >= 0.6 is 0 Å². The zero-order valence-electron chi connectivity index (χ0n) is 16.9. The molecule has 2 aliphatic carbocycles. The first-order valence-corrected chi connectivity index (χ1v) is 11.3. The summed E-state index contributed by atoms with van der Waals surface area (Å²) < 4.78 is 0. The summed E-state index contributed by atoms with van der Waals surface area (Å²) in [4.78, 5) is 29.0. The fraction of sp³-hybridized carbons (Fsp3) is 0.652. The Morgan fingerprint density at radius 2 is 1.59 bits per heavy atom. The molecule has 6 heteroatoms. The van der Waals surface area contributed by atoms with Gasteiger partial charge in [-0.15, -0.1) is 0 Å². The van der Waals surface area contributed by atoms with Crippen molar-refractivity contribution in [2.24, 2.45) is 11.8 Å². The van der Waals surface area contributed by atoms with Gasteiger partial charge in [-0.2, -0.15) is 0 Å². The molecule has 4 aliphatic rings. The van der Waals surface area contributed by atoms with Crippen LogP contribution in [0.4, 0.5) is 10.5 Å². The molecule has 1 saturated heterocycles. The quantitative estimate of drug-likeness (QED) is 0.814. The number of rotatable bonds is 3. The molecule has 156 valence electrons. The van der Waals surface area contributed by atoms with Gasteiger partial charge in [0.1, 0.15) is 6.04 Å². The van der Waals surface area contributed by atoms with E-state index in [2.05, 4.69) is 10.2 Å². The van der Waals surface area contributed by atoms with Crippen molar-refractivity contribution in [3.8, 4) is 0 Å². The highest BCUT2D eigenvalue weighted by Gasteiger charge is 2.45. The van der Waals surface area contributed by atoms with Gasteiger partial charge >= 0.3 is 6.09 Å². The predicted molar refractivity (Wildman–Crippen MR) is 111 cm³/mol. The van der Waals surface area contributed by atoms with E-state index in [9.17, 15) is 14.7 Å². The van der Waals surface area contributed by atoms with E-state index < -0.39 is 12.1 Å². The van der Waals surface area contributed by atoms with Gasteiger partial charge in [-0.3, -0.25) is 9.69 Å². The molecule has 3 fully saturated rings. The molecule has 2 amide bonds. The number of carboxylic acid groups (broad SMARTS) is 1. The van der Waals surface area contributed by atoms with Crippen LogP contribution in [0.25, 0.3) is 0 Å². The average molecular weight is 398 g/mol. The monoisotopic (exact) mass is 397 g/mol. The van der Waals surface area contributed by atoms with E-state index in [1.807, 2.05) is 29.2 Å². The van der Waals surface area contributed by atoms with Crippen molar-refractivity contribution in [1.82, 2.24) is 10.2 Å². The second-order valence-electron chi connectivity index (χ2n) is 9.29. The van der Waals surface area contributed by atoms with Crippen LogP contribution < -0.4 is 10.2 Å². The highest BCUT2D eigenvalue weighted by atomic mass is 16.4. The standard InChI is InChI=1S/C23H31N3O3/c27-22-20(24-23(28)29)18-9-1-2-10-19(18)26(22)17-11-13-25(14-12-17)21-15-5-3-6-16(21)8-4-7-15/h1-2,9-10,15-17,20-21,24H,3-8,11-14H2,(H,28,29). The van der Waals surface area contributed by atoms with E-state index in [0.29, 0.717) is 0 Å². The Labute approximate surface area is 172 Å². The Balaban J connectivity index is 1.31. The first-order chi connectivity index (χ1) is 14.1. The largest absolute Gasteiger partial charge is 0.465 e. The van der Waals surface area contributed by atoms with Crippen LogP contribution in [0, 0.1) is 11.8 Å². The number of hydrogen-bond donors (Lipinski definition) is 2. The van der Waals surface area contributed by atoms with Crippen LogP contribution in [-0.4, -0.2) is 47.2 Å². The Bertz CT molecular complexity index is 767. The van der Waals surface area contributed by atoms with Crippen molar-refractivity contribution < 1.29 is 14.7 Å². The van der Waals surface area contributed by atoms with E-state index in [4.69, 9.17) is 0 Å². The van der Waals surface area contributed by atoms with Crippen molar-refractivity contribution in [1.29, 1.82) is 0 Å². The maximum atomic E-state index is 13.1. The normalized spacial score (nSPS) is 32.8. The van der Waals surface area contributed by atoms with Crippen LogP contribution in [0.3, 0.4) is 0 Å². The van der Waals surface area contributed by atoms with Crippen LogP contribution in [0.15, 0.2) is 24.3 Å². The maximum Gasteiger partial charge on any atom is 0.405 e. The SMILES string of the molecule is O=C(O)NC1C(=O)N(C2CCN(C3C4CCCC3CCC4)CC2)c2ccccc21. The molecule has 29 heavy (non-hydrogen) atoms. The van der Waals surface area contributed by atoms with Crippen LogP contribution in [-0.2, 0) is 4.79 Å². The molecule has 0 radical (unpaired) electrons. The smallest absolute Gasteiger partial charge is 0.405 e. The number of benzene rings is 1. The molecular formula is C23H31N3O3. The minimum atomic E-state index is -1.15. The zero-order valence-corrected chi connectivity index (χ0v) is 16.9. The summed E-state index contributed by atoms with van der Waals surface area (Å²) in [5.74, 6) is 1.62. The fourth-order valence-corrected chi connectivity index (χ4v) is 6.66. The van der Waals surface area contributed by atoms with E-state index >= 15 is 0 Å². The lowest BCUT2D eigenvalue weighted by atomic mass is 9.67. The molecular weight excluding hydrogens is 366 g/mol. The molecule has 1 unspecified atom stereocenters. The van der Waals surface area contributed by atoms with Gasteiger partial charge in [0.05, 0.1) is 0 Å². The number of nitrogens with zero attached hydrogens (tertiary/aromatic N) is 2. The Hall–Kier alpha value is -2.08. The molecule has 2 saturated carbocycles. The molecule has 6 nitrogen and oxygen atoms in total. The second kappa shape index (κ2) is 7.63. The third-order valence-corrected chi connectivity index (χ3v) is 7.81. The summed E-state index contributed by atoms with van der Waals surface area (Å²) in [6.45, 7) is 2.09. The number of piperidine rings is 1. The molecule has 0 spiro atoms. The number of amides is 2. The minimum absolute atomic E-state index is 0.124. The molecule has 2 aliphatic heterocycles. The summed E-state index contributed by atoms with van der Waals surface area (Å²) in [5, 5.41) is 11.6. The molecule has 2 bridgehead atoms. The fourth-order valence-electron chi connectivity index (χ4n) is 6.66. The Kier molecular flexibility index (Phi) is 4.98. The van der Waals surface area contributed by atoms with Crippen LogP contribution in [0.5, 0.6) is 0 Å². The number of para-hydroxylation sites is 1. The Morgan fingerprint density at radius 1 is 0.966 bits per heavy atom. The zero-order chi connectivity index (χ0) is 20.0. The number of carbonyl (C=O) groups is 2. The molecule has 1 aromatic rings. The number of hydrogen-bond acceptors (Lipinski definition) is 3. The number of anilines is 1. The second-order valence-corrected chi connectivity index (χ2v) is 9.29. The van der Waals surface area contributed by atoms with Crippen LogP contribution in [0.1, 0.15) is 63.0 Å². The molecule has 2 N–H and O–H groups in total. The van der Waals surface area contributed by atoms with Crippen LogP contribution in [0.2, 0.25) is 0 Å². The van der Waals surface area contributed by atoms with E-state index in [1.165, 1.54) is 38.5 Å². The molecule has 5 rings (SSSR count). The highest BCUT2D eigenvalue weighted by Crippen LogP contribution is 2.44. The lowest BCUT2D eigenvalue weighted by Gasteiger charge is -2.50. The van der Waals surface area contributed by atoms with Crippen molar-refractivity contribution in [3.63, 3.8) is 0 Å². The van der Waals surface area contributed by atoms with E-state index in [0.717, 1.165) is 55.1 Å². The van der Waals surface area contributed by atoms with Crippen molar-refractivity contribution in [2.75, 3.05) is 18.0 Å². The lowest BCUT2D eigenvalue weighted by Crippen LogP contribution is -2.55. The number of nitrogens with one attached hydrogen (secondary N) is 1. The van der Waals surface area contributed by atoms with Gasteiger partial charge in [-0.1, -0.05) is 31.0 Å². The van der Waals surface area contributed by atoms with Gasteiger partial charge in [0.2, 0.25) is 0 Å². The van der Waals surface area contributed by atoms with Gasteiger partial charge in [0.15, 0.2) is 0 Å². The first kappa shape index (κ1) is 18.9. The van der Waals surface area contributed by atoms with Crippen molar-refractivity contribution >= 4 is 17.7 Å². The van der Waals surface area contributed by atoms with E-state index in [-0.39, 0.29) is 11.9 Å². The summed E-state index contributed by atoms with van der Waals surface area (Å²) in [7, 11) is 0. The van der Waals surface area contributed by atoms with E-state index in [1.54, 1.807) is 0 Å². The van der Waals surface area contributed by atoms with Gasteiger partial charge in [0.25, 0.3) is 5.91 Å². The molecule has 1 aromatic carbocycles. The summed E-state index contributed by atoms with van der Waals surface area (Å²) >= 11 is 0. The number of fused-ring (bicyclic) bond motifs is 3. The molecule has 2 heterocycles. The van der Waals surface area contributed by atoms with Crippen molar-refractivity contribution in [3.05, 3.63) is 29.8 Å². The maximum absolute atomic E-state index is 13.1. The Morgan fingerprint density at radius 3 is 2.21 bits per heavy atom. The summed E-state index contributed by atoms with van der Waals surface area (Å²) in [6.07, 6.45) is 9.15.